The first-order valence-corrected chi connectivity index (χ1v) is 12.5. The minimum absolute atomic E-state index is 0.0412. The number of phenols is 1. The maximum absolute atomic E-state index is 11.4. The van der Waals surface area contributed by atoms with Gasteiger partial charge in [0.25, 0.3) is 0 Å². The quantitative estimate of drug-likeness (QED) is 0.186. The standard InChI is InChI=1S/C28H42O4/c29-21-9-16-26(28(31)32)15-8-7-14-24(22-25-17-19-27(30)20-18-25)13-4-2-1-3-10-23-11-5-6-12-23/h5,7-8,11,17-20,23-24,26,29-30H,1-4,6,9-10,12-16,21-22H2,(H,31,32)/t23-,24-,26-/m0/s1. The van der Waals surface area contributed by atoms with Gasteiger partial charge in [0.1, 0.15) is 5.75 Å². The Hall–Kier alpha value is -2.07. The van der Waals surface area contributed by atoms with Crippen molar-refractivity contribution in [3.8, 4) is 5.75 Å². The van der Waals surface area contributed by atoms with Crippen LogP contribution in [-0.2, 0) is 11.2 Å². The maximum Gasteiger partial charge on any atom is 0.306 e. The third-order valence-electron chi connectivity index (χ3n) is 6.63. The van der Waals surface area contributed by atoms with Crippen LogP contribution in [0.5, 0.6) is 5.75 Å². The first-order chi connectivity index (χ1) is 15.6. The highest BCUT2D eigenvalue weighted by molar-refractivity contribution is 5.70. The largest absolute Gasteiger partial charge is 0.508 e. The molecule has 32 heavy (non-hydrogen) atoms. The Morgan fingerprint density at radius 3 is 2.44 bits per heavy atom. The molecule has 178 valence electrons. The number of carboxylic acid groups (broad SMARTS) is 1. The van der Waals surface area contributed by atoms with Crippen molar-refractivity contribution >= 4 is 5.97 Å². The number of hydrogen-bond acceptors (Lipinski definition) is 3. The lowest BCUT2D eigenvalue weighted by molar-refractivity contribution is -0.141. The van der Waals surface area contributed by atoms with E-state index in [-0.39, 0.29) is 6.61 Å². The molecule has 0 bridgehead atoms. The zero-order valence-corrected chi connectivity index (χ0v) is 19.5. The highest BCUT2D eigenvalue weighted by atomic mass is 16.4. The first-order valence-electron chi connectivity index (χ1n) is 12.5. The van der Waals surface area contributed by atoms with Crippen molar-refractivity contribution in [3.05, 3.63) is 54.1 Å². The molecule has 0 saturated heterocycles. The molecule has 3 N–H and O–H groups in total. The minimum Gasteiger partial charge on any atom is -0.508 e. The van der Waals surface area contributed by atoms with E-state index in [1.807, 2.05) is 18.2 Å². The van der Waals surface area contributed by atoms with Gasteiger partial charge in [-0.05, 0) is 87.3 Å². The van der Waals surface area contributed by atoms with Gasteiger partial charge in [-0.2, -0.15) is 0 Å². The molecule has 0 fully saturated rings. The highest BCUT2D eigenvalue weighted by Gasteiger charge is 2.15. The monoisotopic (exact) mass is 442 g/mol. The summed E-state index contributed by atoms with van der Waals surface area (Å²) < 4.78 is 0. The molecule has 0 spiro atoms. The fourth-order valence-corrected chi connectivity index (χ4v) is 4.63. The molecule has 0 aromatic heterocycles. The van der Waals surface area contributed by atoms with Crippen molar-refractivity contribution < 1.29 is 20.1 Å². The second kappa shape index (κ2) is 15.7. The zero-order valence-electron chi connectivity index (χ0n) is 19.5. The summed E-state index contributed by atoms with van der Waals surface area (Å²) in [6, 6.07) is 7.49. The SMILES string of the molecule is O=C(O)[C@@H](CC=CC[C@H](CCCCCC[C@H]1C=CCC1)Cc1ccc(O)cc1)CCCO. The fraction of sp³-hybridized carbons (Fsp3) is 0.607. The zero-order chi connectivity index (χ0) is 23.0. The Labute approximate surface area is 194 Å². The number of allylic oxidation sites excluding steroid dienone is 4. The number of hydrogen-bond donors (Lipinski definition) is 3. The maximum atomic E-state index is 11.4. The third kappa shape index (κ3) is 11.0. The Kier molecular flexibility index (Phi) is 12.8. The molecule has 0 saturated carbocycles. The lowest BCUT2D eigenvalue weighted by Crippen LogP contribution is -2.13. The first kappa shape index (κ1) is 26.2. The van der Waals surface area contributed by atoms with Crippen LogP contribution in [0.15, 0.2) is 48.6 Å². The molecule has 4 nitrogen and oxygen atoms in total. The summed E-state index contributed by atoms with van der Waals surface area (Å²) in [7, 11) is 0. The predicted octanol–water partition coefficient (Wildman–Crippen LogP) is 6.67. The van der Waals surface area contributed by atoms with Crippen molar-refractivity contribution in [2.75, 3.05) is 6.61 Å². The van der Waals surface area contributed by atoms with Crippen LogP contribution >= 0.6 is 0 Å². The minimum atomic E-state index is -0.781. The second-order valence-electron chi connectivity index (χ2n) is 9.34. The number of carbonyl (C=O) groups is 1. The number of aliphatic carboxylic acids is 1. The van der Waals surface area contributed by atoms with Crippen LogP contribution in [0, 0.1) is 17.8 Å². The van der Waals surface area contributed by atoms with E-state index < -0.39 is 11.9 Å². The van der Waals surface area contributed by atoms with E-state index in [9.17, 15) is 15.0 Å². The van der Waals surface area contributed by atoms with Gasteiger partial charge in [0.05, 0.1) is 5.92 Å². The molecule has 0 heterocycles. The highest BCUT2D eigenvalue weighted by Crippen LogP contribution is 2.25. The van der Waals surface area contributed by atoms with Crippen LogP contribution in [0.4, 0.5) is 0 Å². The molecule has 0 radical (unpaired) electrons. The van der Waals surface area contributed by atoms with Gasteiger partial charge in [-0.15, -0.1) is 0 Å². The van der Waals surface area contributed by atoms with Gasteiger partial charge in [-0.1, -0.05) is 62.1 Å². The van der Waals surface area contributed by atoms with Crippen LogP contribution < -0.4 is 0 Å². The molecular formula is C28H42O4. The lowest BCUT2D eigenvalue weighted by Gasteiger charge is -2.16. The van der Waals surface area contributed by atoms with Crippen LogP contribution in [0.3, 0.4) is 0 Å². The van der Waals surface area contributed by atoms with Gasteiger partial charge in [-0.25, -0.2) is 0 Å². The van der Waals surface area contributed by atoms with E-state index in [2.05, 4.69) is 18.2 Å². The Balaban J connectivity index is 1.77. The number of aliphatic hydroxyl groups excluding tert-OH is 1. The third-order valence-corrected chi connectivity index (χ3v) is 6.63. The van der Waals surface area contributed by atoms with E-state index in [0.29, 0.717) is 30.9 Å². The van der Waals surface area contributed by atoms with E-state index in [1.54, 1.807) is 12.1 Å². The van der Waals surface area contributed by atoms with Crippen LogP contribution in [0.1, 0.15) is 82.6 Å². The lowest BCUT2D eigenvalue weighted by atomic mass is 9.90. The Morgan fingerprint density at radius 1 is 1.00 bits per heavy atom. The van der Waals surface area contributed by atoms with Gasteiger partial charge in [-0.3, -0.25) is 4.79 Å². The van der Waals surface area contributed by atoms with Crippen LogP contribution in [0.2, 0.25) is 0 Å². The number of aliphatic hydroxyl groups is 1. The molecule has 2 rings (SSSR count). The van der Waals surface area contributed by atoms with Gasteiger partial charge < -0.3 is 15.3 Å². The Morgan fingerprint density at radius 2 is 1.75 bits per heavy atom. The van der Waals surface area contributed by atoms with E-state index in [1.165, 1.54) is 56.9 Å². The summed E-state index contributed by atoms with van der Waals surface area (Å²) in [5.74, 6) is 0.439. The van der Waals surface area contributed by atoms with E-state index in [4.69, 9.17) is 5.11 Å². The van der Waals surface area contributed by atoms with E-state index in [0.717, 1.165) is 18.8 Å². The number of carboxylic acids is 1. The van der Waals surface area contributed by atoms with Gasteiger partial charge in [0.15, 0.2) is 0 Å². The summed E-state index contributed by atoms with van der Waals surface area (Å²) in [6.07, 6.45) is 22.6. The summed E-state index contributed by atoms with van der Waals surface area (Å²) >= 11 is 0. The number of benzene rings is 1. The fourth-order valence-electron chi connectivity index (χ4n) is 4.63. The van der Waals surface area contributed by atoms with Gasteiger partial charge >= 0.3 is 5.97 Å². The number of unbranched alkanes of at least 4 members (excludes halogenated alkanes) is 3. The van der Waals surface area contributed by atoms with Crippen LogP contribution in [0.25, 0.3) is 0 Å². The normalized spacial score (nSPS) is 17.7. The summed E-state index contributed by atoms with van der Waals surface area (Å²) in [5, 5.41) is 27.8. The summed E-state index contributed by atoms with van der Waals surface area (Å²) in [5.41, 5.74) is 1.24. The number of aromatic hydroxyl groups is 1. The van der Waals surface area contributed by atoms with Crippen molar-refractivity contribution in [2.45, 2.75) is 83.5 Å². The molecule has 1 aromatic rings. The molecule has 1 aliphatic rings. The molecule has 0 unspecified atom stereocenters. The molecular weight excluding hydrogens is 400 g/mol. The van der Waals surface area contributed by atoms with Crippen molar-refractivity contribution in [1.29, 1.82) is 0 Å². The molecule has 0 aliphatic heterocycles. The van der Waals surface area contributed by atoms with Crippen LogP contribution in [-0.4, -0.2) is 27.9 Å². The summed E-state index contributed by atoms with van der Waals surface area (Å²) in [4.78, 5) is 11.4. The second-order valence-corrected chi connectivity index (χ2v) is 9.34. The van der Waals surface area contributed by atoms with Crippen molar-refractivity contribution in [3.63, 3.8) is 0 Å². The molecule has 4 heteroatoms. The van der Waals surface area contributed by atoms with Crippen molar-refractivity contribution in [2.24, 2.45) is 17.8 Å². The van der Waals surface area contributed by atoms with Gasteiger partial charge in [0.2, 0.25) is 0 Å². The molecule has 1 aliphatic carbocycles. The molecule has 1 aromatic carbocycles. The van der Waals surface area contributed by atoms with Gasteiger partial charge in [0, 0.05) is 6.61 Å². The average molecular weight is 443 g/mol. The predicted molar refractivity (Wildman–Crippen MR) is 131 cm³/mol. The summed E-state index contributed by atoms with van der Waals surface area (Å²) in [6.45, 7) is 0.0412. The number of phenolic OH excluding ortho intramolecular Hbond substituents is 1. The smallest absolute Gasteiger partial charge is 0.306 e. The Bertz CT molecular complexity index is 692. The number of rotatable bonds is 17. The topological polar surface area (TPSA) is 77.8 Å². The molecule has 0 amide bonds. The average Bonchev–Trinajstić information content (AvgIpc) is 3.30. The molecule has 3 atom stereocenters. The van der Waals surface area contributed by atoms with Crippen molar-refractivity contribution in [1.82, 2.24) is 0 Å². The van der Waals surface area contributed by atoms with E-state index >= 15 is 0 Å².